The number of carbonyl (C=O) groups excluding carboxylic acids is 1. The van der Waals surface area contributed by atoms with Crippen molar-refractivity contribution >= 4 is 18.6 Å². The third-order valence-corrected chi connectivity index (χ3v) is 3.68. The summed E-state index contributed by atoms with van der Waals surface area (Å²) >= 11 is 4.30. The normalized spacial score (nSPS) is 21.3. The smallest absolute Gasteiger partial charge is 0.316 e. The third kappa shape index (κ3) is 3.15. The highest BCUT2D eigenvalue weighted by Gasteiger charge is 2.40. The fraction of sp³-hybridized carbons (Fsp3) is 0.312. The van der Waals surface area contributed by atoms with Crippen LogP contribution in [-0.4, -0.2) is 17.1 Å². The Morgan fingerprint density at radius 3 is 2.86 bits per heavy atom. The van der Waals surface area contributed by atoms with Crippen molar-refractivity contribution in [3.05, 3.63) is 53.0 Å². The number of rotatable bonds is 3. The molecular weight excluding hydrogens is 298 g/mol. The van der Waals surface area contributed by atoms with E-state index in [1.54, 1.807) is 32.3 Å². The molecule has 1 aromatic heterocycles. The predicted molar refractivity (Wildman–Crippen MR) is 85.6 cm³/mol. The Morgan fingerprint density at radius 2 is 2.32 bits per heavy atom. The summed E-state index contributed by atoms with van der Waals surface area (Å²) < 4.78 is 5.32. The zero-order valence-electron chi connectivity index (χ0n) is 12.4. The molecule has 114 valence electrons. The molecule has 1 aromatic rings. The Kier molecular flexibility index (Phi) is 4.88. The fourth-order valence-electron chi connectivity index (χ4n) is 2.44. The summed E-state index contributed by atoms with van der Waals surface area (Å²) in [6.07, 6.45) is 3.02. The summed E-state index contributed by atoms with van der Waals surface area (Å²) in [4.78, 5) is 16.5. The molecule has 22 heavy (non-hydrogen) atoms. The van der Waals surface area contributed by atoms with Crippen molar-refractivity contribution in [3.63, 3.8) is 0 Å². The quantitative estimate of drug-likeness (QED) is 0.662. The van der Waals surface area contributed by atoms with E-state index in [2.05, 4.69) is 35.6 Å². The van der Waals surface area contributed by atoms with Crippen LogP contribution in [-0.2, 0) is 9.53 Å². The second-order valence-corrected chi connectivity index (χ2v) is 5.70. The number of pyridine rings is 1. The van der Waals surface area contributed by atoms with Crippen LogP contribution >= 0.6 is 12.6 Å². The van der Waals surface area contributed by atoms with E-state index < -0.39 is 17.8 Å². The van der Waals surface area contributed by atoms with Gasteiger partial charge in [0.2, 0.25) is 0 Å². The van der Waals surface area contributed by atoms with Crippen molar-refractivity contribution in [1.82, 2.24) is 10.3 Å². The monoisotopic (exact) mass is 315 g/mol. The average molecular weight is 315 g/mol. The number of nitrogens with one attached hydrogen (secondary N) is 1. The van der Waals surface area contributed by atoms with Crippen molar-refractivity contribution in [3.8, 4) is 6.07 Å². The minimum Gasteiger partial charge on any atom is -0.462 e. The van der Waals surface area contributed by atoms with Gasteiger partial charge >= 0.3 is 5.97 Å². The van der Waals surface area contributed by atoms with Crippen LogP contribution in [0.4, 0.5) is 0 Å². The van der Waals surface area contributed by atoms with Gasteiger partial charge in [0.05, 0.1) is 22.8 Å². The highest BCUT2D eigenvalue weighted by molar-refractivity contribution is 7.84. The lowest BCUT2D eigenvalue weighted by atomic mass is 9.78. The van der Waals surface area contributed by atoms with Gasteiger partial charge in [-0.05, 0) is 25.5 Å². The number of nitriles is 1. The molecular formula is C16H17N3O2S. The zero-order valence-corrected chi connectivity index (χ0v) is 13.3. The number of ether oxygens (including phenoxy) is 1. The SMILES string of the molecule is C=C1NC(S)=C(C#N)C(c2cccnc2)C1C(=O)OC(C)C. The number of carbonyl (C=O) groups is 1. The molecule has 0 bridgehead atoms. The second-order valence-electron chi connectivity index (χ2n) is 5.25. The minimum atomic E-state index is -0.697. The lowest BCUT2D eigenvalue weighted by Crippen LogP contribution is -2.37. The molecule has 0 aliphatic carbocycles. The van der Waals surface area contributed by atoms with Gasteiger partial charge in [-0.2, -0.15) is 5.26 Å². The second kappa shape index (κ2) is 6.67. The summed E-state index contributed by atoms with van der Waals surface area (Å²) in [5, 5.41) is 12.7. The molecule has 6 heteroatoms. The molecule has 2 rings (SSSR count). The van der Waals surface area contributed by atoms with E-state index in [1.165, 1.54) is 0 Å². The lowest BCUT2D eigenvalue weighted by Gasteiger charge is -2.33. The van der Waals surface area contributed by atoms with Gasteiger partial charge in [0.15, 0.2) is 0 Å². The number of esters is 1. The molecule has 0 spiro atoms. The number of hydrogen-bond donors (Lipinski definition) is 2. The van der Waals surface area contributed by atoms with Gasteiger partial charge < -0.3 is 10.1 Å². The zero-order chi connectivity index (χ0) is 16.3. The summed E-state index contributed by atoms with van der Waals surface area (Å²) in [5.74, 6) is -1.63. The fourth-order valence-corrected chi connectivity index (χ4v) is 2.77. The number of aromatic nitrogens is 1. The highest BCUT2D eigenvalue weighted by Crippen LogP contribution is 2.41. The number of hydrogen-bond acceptors (Lipinski definition) is 6. The maximum Gasteiger partial charge on any atom is 0.316 e. The van der Waals surface area contributed by atoms with E-state index in [-0.39, 0.29) is 6.10 Å². The van der Waals surface area contributed by atoms with E-state index >= 15 is 0 Å². The number of thiol groups is 1. The van der Waals surface area contributed by atoms with Crippen molar-refractivity contribution in [2.75, 3.05) is 0 Å². The van der Waals surface area contributed by atoms with Crippen molar-refractivity contribution < 1.29 is 9.53 Å². The summed E-state index contributed by atoms with van der Waals surface area (Å²) in [6, 6.07) is 5.71. The molecule has 0 saturated heterocycles. The molecule has 1 aliphatic heterocycles. The minimum absolute atomic E-state index is 0.248. The van der Waals surface area contributed by atoms with Gasteiger partial charge in [-0.15, -0.1) is 12.6 Å². The van der Waals surface area contributed by atoms with E-state index in [0.29, 0.717) is 16.3 Å². The van der Waals surface area contributed by atoms with Crippen LogP contribution in [0.2, 0.25) is 0 Å². The Labute approximate surface area is 135 Å². The summed E-state index contributed by atoms with van der Waals surface area (Å²) in [7, 11) is 0. The van der Waals surface area contributed by atoms with Gasteiger partial charge in [-0.25, -0.2) is 0 Å². The van der Waals surface area contributed by atoms with Crippen LogP contribution in [0.15, 0.2) is 47.4 Å². The average Bonchev–Trinajstić information content (AvgIpc) is 2.46. The van der Waals surface area contributed by atoms with Crippen LogP contribution in [0.5, 0.6) is 0 Å². The molecule has 2 atom stereocenters. The summed E-state index contributed by atoms with van der Waals surface area (Å²) in [5.41, 5.74) is 1.58. The van der Waals surface area contributed by atoms with E-state index in [1.807, 2.05) is 6.07 Å². The molecule has 0 aromatic carbocycles. The molecule has 1 aliphatic rings. The lowest BCUT2D eigenvalue weighted by molar-refractivity contribution is -0.151. The van der Waals surface area contributed by atoms with E-state index in [9.17, 15) is 10.1 Å². The topological polar surface area (TPSA) is 75.0 Å². The van der Waals surface area contributed by atoms with Crippen LogP contribution in [0.1, 0.15) is 25.3 Å². The molecule has 2 unspecified atom stereocenters. The molecule has 0 saturated carbocycles. The maximum atomic E-state index is 12.5. The first-order valence-electron chi connectivity index (χ1n) is 6.85. The van der Waals surface area contributed by atoms with Crippen molar-refractivity contribution in [2.24, 2.45) is 5.92 Å². The van der Waals surface area contributed by atoms with Gasteiger partial charge in [-0.1, -0.05) is 12.6 Å². The third-order valence-electron chi connectivity index (χ3n) is 3.32. The van der Waals surface area contributed by atoms with Crippen molar-refractivity contribution in [1.29, 1.82) is 5.26 Å². The highest BCUT2D eigenvalue weighted by atomic mass is 32.1. The first kappa shape index (κ1) is 16.1. The number of allylic oxidation sites excluding steroid dienone is 1. The van der Waals surface area contributed by atoms with Crippen LogP contribution in [0.3, 0.4) is 0 Å². The molecule has 0 amide bonds. The predicted octanol–water partition coefficient (Wildman–Crippen LogP) is 2.51. The van der Waals surface area contributed by atoms with Gasteiger partial charge in [0, 0.05) is 24.0 Å². The van der Waals surface area contributed by atoms with E-state index in [0.717, 1.165) is 5.56 Å². The Morgan fingerprint density at radius 1 is 1.59 bits per heavy atom. The molecule has 0 radical (unpaired) electrons. The largest absolute Gasteiger partial charge is 0.462 e. The van der Waals surface area contributed by atoms with Crippen molar-refractivity contribution in [2.45, 2.75) is 25.9 Å². The van der Waals surface area contributed by atoms with Gasteiger partial charge in [0.1, 0.15) is 5.92 Å². The maximum absolute atomic E-state index is 12.5. The Bertz CT molecular complexity index is 662. The Balaban J connectivity index is 2.52. The Hall–Kier alpha value is -2.26. The standard InChI is InChI=1S/C16H17N3O2S/c1-9(2)21-16(20)13-10(3)19-15(22)12(7-17)14(13)11-5-4-6-18-8-11/h4-6,8-9,13-14,19,22H,3H2,1-2H3. The molecule has 2 heterocycles. The first-order chi connectivity index (χ1) is 10.5. The molecule has 1 N–H and O–H groups in total. The van der Waals surface area contributed by atoms with E-state index in [4.69, 9.17) is 4.74 Å². The van der Waals surface area contributed by atoms with Gasteiger partial charge in [-0.3, -0.25) is 9.78 Å². The van der Waals surface area contributed by atoms with Crippen LogP contribution < -0.4 is 5.32 Å². The molecule has 5 nitrogen and oxygen atoms in total. The summed E-state index contributed by atoms with van der Waals surface area (Å²) in [6.45, 7) is 7.45. The van der Waals surface area contributed by atoms with Crippen LogP contribution in [0, 0.1) is 17.2 Å². The van der Waals surface area contributed by atoms with Crippen LogP contribution in [0.25, 0.3) is 0 Å². The van der Waals surface area contributed by atoms with Gasteiger partial charge in [0.25, 0.3) is 0 Å². The number of nitrogens with zero attached hydrogens (tertiary/aromatic N) is 2. The molecule has 0 fully saturated rings. The first-order valence-corrected chi connectivity index (χ1v) is 7.30.